The first-order chi connectivity index (χ1) is 13.2. The van der Waals surface area contributed by atoms with Gasteiger partial charge in [-0.3, -0.25) is 14.9 Å². The summed E-state index contributed by atoms with van der Waals surface area (Å²) in [5, 5.41) is 2.46. The maximum Gasteiger partial charge on any atom is 0.325 e. The van der Waals surface area contributed by atoms with Crippen molar-refractivity contribution in [3.63, 3.8) is 0 Å². The molecule has 1 spiro atoms. The number of nitrogens with one attached hydrogen (secondary N) is 1. The Balaban J connectivity index is 0.00000300. The lowest BCUT2D eigenvalue weighted by Crippen LogP contribution is -2.60. The Morgan fingerprint density at radius 1 is 1.24 bits per heavy atom. The molecule has 9 heteroatoms. The fourth-order valence-corrected chi connectivity index (χ4v) is 4.16. The smallest absolute Gasteiger partial charge is 0.325 e. The van der Waals surface area contributed by atoms with E-state index in [1.807, 2.05) is 50.4 Å². The molecule has 1 aromatic rings. The second-order valence-electron chi connectivity index (χ2n) is 7.97. The first-order valence-corrected chi connectivity index (χ1v) is 10.7. The SMILES string of the molecule is CSC(C)(C)[C@H](N)C(=O)N1CCC2(CC1)C(=O)NC(=O)N2Cc1ccccc1.Cl. The van der Waals surface area contributed by atoms with E-state index < -0.39 is 11.6 Å². The monoisotopic (exact) mass is 440 g/mol. The Bertz CT molecular complexity index is 766. The van der Waals surface area contributed by atoms with Gasteiger partial charge in [0.1, 0.15) is 5.54 Å². The molecule has 0 saturated carbocycles. The highest BCUT2D eigenvalue weighted by atomic mass is 35.5. The summed E-state index contributed by atoms with van der Waals surface area (Å²) in [4.78, 5) is 41.3. The van der Waals surface area contributed by atoms with Gasteiger partial charge >= 0.3 is 6.03 Å². The van der Waals surface area contributed by atoms with E-state index >= 15 is 0 Å². The maximum absolute atomic E-state index is 12.8. The zero-order chi connectivity index (χ0) is 20.5. The number of halogens is 1. The van der Waals surface area contributed by atoms with E-state index in [0.29, 0.717) is 32.5 Å². The van der Waals surface area contributed by atoms with E-state index in [1.54, 1.807) is 21.6 Å². The van der Waals surface area contributed by atoms with Crippen LogP contribution in [0.1, 0.15) is 32.3 Å². The number of piperidine rings is 1. The van der Waals surface area contributed by atoms with Gasteiger partial charge in [-0.1, -0.05) is 30.3 Å². The Morgan fingerprint density at radius 2 is 1.83 bits per heavy atom. The fraction of sp³-hybridized carbons (Fsp3) is 0.550. The molecule has 0 aliphatic carbocycles. The van der Waals surface area contributed by atoms with Gasteiger partial charge < -0.3 is 15.5 Å². The predicted octanol–water partition coefficient (Wildman–Crippen LogP) is 1.99. The zero-order valence-corrected chi connectivity index (χ0v) is 18.6. The highest BCUT2D eigenvalue weighted by molar-refractivity contribution is 8.00. The number of thioether (sulfide) groups is 1. The molecule has 3 rings (SSSR count). The number of nitrogens with zero attached hydrogens (tertiary/aromatic N) is 2. The predicted molar refractivity (Wildman–Crippen MR) is 117 cm³/mol. The molecule has 2 heterocycles. The average molecular weight is 441 g/mol. The number of carbonyl (C=O) groups excluding carboxylic acids is 3. The molecule has 29 heavy (non-hydrogen) atoms. The summed E-state index contributed by atoms with van der Waals surface area (Å²) in [5.74, 6) is -0.372. The molecule has 1 atom stereocenters. The summed E-state index contributed by atoms with van der Waals surface area (Å²) in [6.07, 6.45) is 2.76. The van der Waals surface area contributed by atoms with Crippen molar-refractivity contribution in [1.29, 1.82) is 0 Å². The van der Waals surface area contributed by atoms with E-state index in [9.17, 15) is 14.4 Å². The molecule has 7 nitrogen and oxygen atoms in total. The molecule has 0 aromatic heterocycles. The van der Waals surface area contributed by atoms with E-state index in [1.165, 1.54) is 0 Å². The Labute approximate surface area is 182 Å². The molecule has 2 saturated heterocycles. The van der Waals surface area contributed by atoms with Crippen LogP contribution < -0.4 is 11.1 Å². The fourth-order valence-electron chi connectivity index (χ4n) is 3.80. The van der Waals surface area contributed by atoms with Crippen molar-refractivity contribution in [2.24, 2.45) is 5.73 Å². The molecule has 2 aliphatic rings. The average Bonchev–Trinajstić information content (AvgIpc) is 2.92. The summed E-state index contributed by atoms with van der Waals surface area (Å²) in [7, 11) is 0. The first kappa shape index (κ1) is 23.5. The minimum absolute atomic E-state index is 0. The quantitative estimate of drug-likeness (QED) is 0.682. The number of imide groups is 1. The van der Waals surface area contributed by atoms with Gasteiger partial charge in [0.05, 0.1) is 6.04 Å². The van der Waals surface area contributed by atoms with Crippen LogP contribution in [-0.4, -0.2) is 63.3 Å². The van der Waals surface area contributed by atoms with Crippen molar-refractivity contribution >= 4 is 42.0 Å². The molecule has 2 aliphatic heterocycles. The summed E-state index contributed by atoms with van der Waals surface area (Å²) in [6, 6.07) is 8.63. The number of likely N-dealkylation sites (tertiary alicyclic amines) is 1. The standard InChI is InChI=1S/C20H28N4O3S.ClH/c1-19(2,28-3)15(21)16(25)23-11-9-20(10-12-23)17(26)22-18(27)24(20)13-14-7-5-4-6-8-14;/h4-8,15H,9-13,21H2,1-3H3,(H,22,26,27);1H/t15-;/m1./s1. The second kappa shape index (κ2) is 8.93. The van der Waals surface area contributed by atoms with Gasteiger partial charge in [-0.25, -0.2) is 4.79 Å². The minimum atomic E-state index is -0.900. The second-order valence-corrected chi connectivity index (χ2v) is 9.43. The van der Waals surface area contributed by atoms with E-state index in [2.05, 4.69) is 5.32 Å². The lowest BCUT2D eigenvalue weighted by atomic mass is 9.85. The van der Waals surface area contributed by atoms with Gasteiger partial charge in [0, 0.05) is 24.4 Å². The molecule has 1 aromatic carbocycles. The summed E-state index contributed by atoms with van der Waals surface area (Å²) in [5.41, 5.74) is 6.27. The molecule has 0 bridgehead atoms. The molecule has 0 unspecified atom stereocenters. The minimum Gasteiger partial charge on any atom is -0.341 e. The number of benzene rings is 1. The normalized spacial score (nSPS) is 19.7. The largest absolute Gasteiger partial charge is 0.341 e. The van der Waals surface area contributed by atoms with Gasteiger partial charge in [0.15, 0.2) is 0 Å². The number of carbonyl (C=O) groups is 3. The molecule has 3 N–H and O–H groups in total. The van der Waals surface area contributed by atoms with Crippen LogP contribution in [0.4, 0.5) is 4.79 Å². The van der Waals surface area contributed by atoms with Gasteiger partial charge in [-0.2, -0.15) is 11.8 Å². The molecular weight excluding hydrogens is 412 g/mol. The van der Waals surface area contributed by atoms with Gasteiger partial charge in [0.2, 0.25) is 5.91 Å². The molecule has 0 radical (unpaired) electrons. The Morgan fingerprint density at radius 3 is 2.38 bits per heavy atom. The van der Waals surface area contributed by atoms with Crippen molar-refractivity contribution in [2.75, 3.05) is 19.3 Å². The summed E-state index contributed by atoms with van der Waals surface area (Å²) in [6.45, 7) is 5.09. The van der Waals surface area contributed by atoms with Crippen LogP contribution in [0.3, 0.4) is 0 Å². The van der Waals surface area contributed by atoms with Gasteiger partial charge in [-0.15, -0.1) is 12.4 Å². The highest BCUT2D eigenvalue weighted by Crippen LogP contribution is 2.35. The molecule has 2 fully saturated rings. The summed E-state index contributed by atoms with van der Waals surface area (Å²) >= 11 is 1.56. The number of hydrogen-bond acceptors (Lipinski definition) is 5. The van der Waals surface area contributed by atoms with Crippen LogP contribution in [0.2, 0.25) is 0 Å². The maximum atomic E-state index is 12.8. The van der Waals surface area contributed by atoms with Crippen molar-refractivity contribution in [3.8, 4) is 0 Å². The highest BCUT2D eigenvalue weighted by Gasteiger charge is 2.54. The van der Waals surface area contributed by atoms with Crippen LogP contribution in [0.15, 0.2) is 30.3 Å². The number of urea groups is 1. The zero-order valence-electron chi connectivity index (χ0n) is 17.0. The van der Waals surface area contributed by atoms with Crippen molar-refractivity contribution in [1.82, 2.24) is 15.1 Å². The third-order valence-corrected chi connectivity index (χ3v) is 7.34. The van der Waals surface area contributed by atoms with Crippen molar-refractivity contribution in [2.45, 2.75) is 49.6 Å². The van der Waals surface area contributed by atoms with Crippen molar-refractivity contribution < 1.29 is 14.4 Å². The first-order valence-electron chi connectivity index (χ1n) is 9.48. The molecule has 4 amide bonds. The Hall–Kier alpha value is -1.77. The lowest BCUT2D eigenvalue weighted by molar-refractivity contribution is -0.139. The Kier molecular flexibility index (Phi) is 7.24. The third-order valence-electron chi connectivity index (χ3n) is 6.03. The summed E-state index contributed by atoms with van der Waals surface area (Å²) < 4.78 is -0.369. The van der Waals surface area contributed by atoms with Crippen LogP contribution in [0.5, 0.6) is 0 Å². The van der Waals surface area contributed by atoms with Crippen LogP contribution in [0, 0.1) is 0 Å². The molecule has 160 valence electrons. The number of nitrogens with two attached hydrogens (primary N) is 1. The van der Waals surface area contributed by atoms with Crippen LogP contribution in [0.25, 0.3) is 0 Å². The van der Waals surface area contributed by atoms with E-state index in [-0.39, 0.29) is 35.0 Å². The third kappa shape index (κ3) is 4.39. The van der Waals surface area contributed by atoms with E-state index in [0.717, 1.165) is 5.56 Å². The lowest BCUT2D eigenvalue weighted by Gasteiger charge is -2.43. The van der Waals surface area contributed by atoms with Crippen LogP contribution >= 0.6 is 24.2 Å². The number of rotatable bonds is 5. The van der Waals surface area contributed by atoms with E-state index in [4.69, 9.17) is 5.73 Å². The number of amides is 4. The van der Waals surface area contributed by atoms with Crippen molar-refractivity contribution in [3.05, 3.63) is 35.9 Å². The molecular formula is C20H29ClN4O3S. The van der Waals surface area contributed by atoms with Gasteiger partial charge in [0.25, 0.3) is 5.91 Å². The topological polar surface area (TPSA) is 95.7 Å². The number of hydrogen-bond donors (Lipinski definition) is 2. The van der Waals surface area contributed by atoms with Crippen LogP contribution in [-0.2, 0) is 16.1 Å². The van der Waals surface area contributed by atoms with Gasteiger partial charge in [-0.05, 0) is 38.5 Å².